The van der Waals surface area contributed by atoms with Crippen LogP contribution >= 0.6 is 0 Å². The van der Waals surface area contributed by atoms with Gasteiger partial charge in [0.1, 0.15) is 0 Å². The third-order valence-corrected chi connectivity index (χ3v) is 2.73. The average Bonchev–Trinajstić information content (AvgIpc) is 2.31. The molecule has 3 N–H and O–H groups in total. The molecule has 0 heterocycles. The smallest absolute Gasteiger partial charge is 0.317 e. The first kappa shape index (κ1) is 15.7. The van der Waals surface area contributed by atoms with Gasteiger partial charge in [-0.1, -0.05) is 13.3 Å². The van der Waals surface area contributed by atoms with E-state index in [0.717, 1.165) is 6.42 Å². The average molecular weight is 246 g/mol. The fraction of sp³-hybridized carbons (Fsp3) is 0.818. The summed E-state index contributed by atoms with van der Waals surface area (Å²) in [5.41, 5.74) is 0. The first-order valence-electron chi connectivity index (χ1n) is 5.78. The lowest BCUT2D eigenvalue weighted by molar-refractivity contribution is -0.141. The summed E-state index contributed by atoms with van der Waals surface area (Å²) < 4.78 is 0. The van der Waals surface area contributed by atoms with Crippen LogP contribution in [0.3, 0.4) is 0 Å². The van der Waals surface area contributed by atoms with Crippen LogP contribution < -0.4 is 5.32 Å². The molecule has 0 rings (SSSR count). The quantitative estimate of drug-likeness (QED) is 0.610. The monoisotopic (exact) mass is 246 g/mol. The van der Waals surface area contributed by atoms with E-state index in [2.05, 4.69) is 5.32 Å². The number of nitrogens with zero attached hydrogens (tertiary/aromatic N) is 1. The van der Waals surface area contributed by atoms with E-state index >= 15 is 0 Å². The summed E-state index contributed by atoms with van der Waals surface area (Å²) in [5, 5.41) is 20.4. The molecule has 0 aromatic heterocycles. The Balaban J connectivity index is 4.16. The number of amides is 2. The van der Waals surface area contributed by atoms with Crippen molar-refractivity contribution in [3.8, 4) is 0 Å². The highest BCUT2D eigenvalue weighted by molar-refractivity contribution is 5.76. The highest BCUT2D eigenvalue weighted by Crippen LogP contribution is 2.05. The van der Waals surface area contributed by atoms with E-state index in [1.165, 1.54) is 4.90 Å². The third kappa shape index (κ3) is 5.53. The van der Waals surface area contributed by atoms with Gasteiger partial charge in [0.25, 0.3) is 0 Å². The summed E-state index contributed by atoms with van der Waals surface area (Å²) in [6.07, 6.45) is 1.30. The lowest BCUT2D eigenvalue weighted by Gasteiger charge is -2.24. The van der Waals surface area contributed by atoms with E-state index in [1.54, 1.807) is 14.0 Å². The Bertz CT molecular complexity index is 258. The van der Waals surface area contributed by atoms with E-state index in [4.69, 9.17) is 10.2 Å². The van der Waals surface area contributed by atoms with Crippen molar-refractivity contribution in [2.75, 3.05) is 20.2 Å². The number of aliphatic carboxylic acids is 1. The van der Waals surface area contributed by atoms with Gasteiger partial charge in [0, 0.05) is 13.6 Å². The number of aliphatic hydroxyl groups is 1. The van der Waals surface area contributed by atoms with Crippen molar-refractivity contribution in [1.29, 1.82) is 0 Å². The highest BCUT2D eigenvalue weighted by atomic mass is 16.4. The number of carbonyl (C=O) groups is 2. The molecule has 0 aliphatic heterocycles. The van der Waals surface area contributed by atoms with Gasteiger partial charge in [0.05, 0.1) is 18.6 Å². The third-order valence-electron chi connectivity index (χ3n) is 2.73. The second-order valence-corrected chi connectivity index (χ2v) is 4.15. The number of carboxylic acids is 1. The van der Waals surface area contributed by atoms with Gasteiger partial charge < -0.3 is 20.4 Å². The van der Waals surface area contributed by atoms with Crippen molar-refractivity contribution in [2.45, 2.75) is 32.7 Å². The Morgan fingerprint density at radius 1 is 1.41 bits per heavy atom. The van der Waals surface area contributed by atoms with Gasteiger partial charge in [-0.05, 0) is 13.3 Å². The molecule has 0 aliphatic carbocycles. The lowest BCUT2D eigenvalue weighted by Crippen LogP contribution is -2.45. The minimum atomic E-state index is -0.898. The summed E-state index contributed by atoms with van der Waals surface area (Å²) in [6, 6.07) is -0.654. The van der Waals surface area contributed by atoms with Gasteiger partial charge in [-0.2, -0.15) is 0 Å². The minimum absolute atomic E-state index is 0.116. The predicted molar refractivity (Wildman–Crippen MR) is 63.7 cm³/mol. The van der Waals surface area contributed by atoms with Gasteiger partial charge in [0.15, 0.2) is 0 Å². The van der Waals surface area contributed by atoms with Gasteiger partial charge >= 0.3 is 12.0 Å². The molecule has 6 nitrogen and oxygen atoms in total. The fourth-order valence-corrected chi connectivity index (χ4v) is 1.32. The van der Waals surface area contributed by atoms with Crippen LogP contribution in [0, 0.1) is 5.92 Å². The molecule has 0 saturated heterocycles. The molecule has 0 aliphatic rings. The number of hydrogen-bond donors (Lipinski definition) is 3. The van der Waals surface area contributed by atoms with Crippen LogP contribution in [0.4, 0.5) is 4.79 Å². The van der Waals surface area contributed by atoms with Crippen molar-refractivity contribution in [2.24, 2.45) is 5.92 Å². The van der Waals surface area contributed by atoms with Gasteiger partial charge in [0.2, 0.25) is 0 Å². The maximum Gasteiger partial charge on any atom is 0.317 e. The molecule has 0 fully saturated rings. The molecule has 2 unspecified atom stereocenters. The van der Waals surface area contributed by atoms with Crippen LogP contribution in [0.2, 0.25) is 0 Å². The second-order valence-electron chi connectivity index (χ2n) is 4.15. The maximum absolute atomic E-state index is 11.6. The first-order valence-corrected chi connectivity index (χ1v) is 5.78. The van der Waals surface area contributed by atoms with Crippen LogP contribution in [0.15, 0.2) is 0 Å². The van der Waals surface area contributed by atoms with Crippen molar-refractivity contribution >= 4 is 12.0 Å². The zero-order chi connectivity index (χ0) is 13.4. The Kier molecular flexibility index (Phi) is 7.29. The number of likely N-dealkylation sites (N-methyl/N-ethyl adjacent to an activating group) is 1. The molecular formula is C11H22N2O4. The largest absolute Gasteiger partial charge is 0.481 e. The molecular weight excluding hydrogens is 224 g/mol. The van der Waals surface area contributed by atoms with Crippen molar-refractivity contribution in [3.63, 3.8) is 0 Å². The number of carboxylic acid groups (broad SMARTS) is 1. The number of nitrogens with one attached hydrogen (secondary N) is 1. The number of aliphatic hydroxyl groups excluding tert-OH is 1. The van der Waals surface area contributed by atoms with Crippen LogP contribution in [0.1, 0.15) is 26.7 Å². The molecule has 2 atom stereocenters. The maximum atomic E-state index is 11.6. The number of carbonyl (C=O) groups excluding carboxylic acids is 1. The Morgan fingerprint density at radius 2 is 2.00 bits per heavy atom. The Morgan fingerprint density at radius 3 is 2.41 bits per heavy atom. The summed E-state index contributed by atoms with van der Waals surface area (Å²) in [7, 11) is 1.56. The van der Waals surface area contributed by atoms with Gasteiger partial charge in [-0.3, -0.25) is 4.79 Å². The molecule has 2 amide bonds. The molecule has 0 aromatic rings. The van der Waals surface area contributed by atoms with Gasteiger partial charge in [-0.25, -0.2) is 4.79 Å². The molecule has 0 saturated carbocycles. The zero-order valence-corrected chi connectivity index (χ0v) is 10.6. The number of hydrogen-bond acceptors (Lipinski definition) is 3. The van der Waals surface area contributed by atoms with Crippen LogP contribution in [0.25, 0.3) is 0 Å². The van der Waals surface area contributed by atoms with E-state index < -0.39 is 11.9 Å². The standard InChI is InChI=1S/C11H22N2O4/c1-4-5-9(10(15)16)6-12-11(17)13(3)8(2)7-14/h8-9,14H,4-7H2,1-3H3,(H,12,17)(H,15,16). The summed E-state index contributed by atoms with van der Waals surface area (Å²) in [4.78, 5) is 23.8. The summed E-state index contributed by atoms with van der Waals surface area (Å²) in [6.45, 7) is 3.60. The van der Waals surface area contributed by atoms with E-state index in [0.29, 0.717) is 6.42 Å². The Hall–Kier alpha value is -1.30. The zero-order valence-electron chi connectivity index (χ0n) is 10.6. The molecule has 0 bridgehead atoms. The van der Waals surface area contributed by atoms with E-state index in [9.17, 15) is 9.59 Å². The first-order chi connectivity index (χ1) is 7.93. The lowest BCUT2D eigenvalue weighted by atomic mass is 10.0. The molecule has 0 aromatic carbocycles. The minimum Gasteiger partial charge on any atom is -0.481 e. The topological polar surface area (TPSA) is 89.9 Å². The number of urea groups is 1. The van der Waals surface area contributed by atoms with Crippen molar-refractivity contribution < 1.29 is 19.8 Å². The summed E-state index contributed by atoms with van der Waals surface area (Å²) >= 11 is 0. The second kappa shape index (κ2) is 7.89. The van der Waals surface area contributed by atoms with Crippen LogP contribution in [-0.2, 0) is 4.79 Å². The molecule has 17 heavy (non-hydrogen) atoms. The highest BCUT2D eigenvalue weighted by Gasteiger charge is 2.19. The SMILES string of the molecule is CCCC(CNC(=O)N(C)C(C)CO)C(=O)O. The Labute approximate surface area is 102 Å². The van der Waals surface area contributed by atoms with Crippen LogP contribution in [-0.4, -0.2) is 53.4 Å². The fourth-order valence-electron chi connectivity index (χ4n) is 1.32. The summed E-state index contributed by atoms with van der Waals surface area (Å²) in [5.74, 6) is -1.45. The van der Waals surface area contributed by atoms with Crippen molar-refractivity contribution in [3.05, 3.63) is 0 Å². The molecule has 0 radical (unpaired) electrons. The van der Waals surface area contributed by atoms with E-state index in [-0.39, 0.29) is 25.2 Å². The normalized spacial score (nSPS) is 13.9. The van der Waals surface area contributed by atoms with Crippen molar-refractivity contribution in [1.82, 2.24) is 10.2 Å². The predicted octanol–water partition coefficient (Wildman–Crippen LogP) is 0.509. The number of rotatable bonds is 7. The molecule has 0 spiro atoms. The van der Waals surface area contributed by atoms with Gasteiger partial charge in [-0.15, -0.1) is 0 Å². The van der Waals surface area contributed by atoms with Crippen LogP contribution in [0.5, 0.6) is 0 Å². The van der Waals surface area contributed by atoms with E-state index in [1.807, 2.05) is 6.92 Å². The molecule has 100 valence electrons. The molecule has 6 heteroatoms.